The molecule has 7 rings (SSSR count). The molecule has 0 bridgehead atoms. The number of imidazole rings is 1. The van der Waals surface area contributed by atoms with Gasteiger partial charge in [-0.05, 0) is 46.5 Å². The zero-order valence-corrected chi connectivity index (χ0v) is 28.5. The highest BCUT2D eigenvalue weighted by atomic mass is 16.5. The molecule has 0 saturated carbocycles. The maximum Gasteiger partial charge on any atom is 0.223 e. The van der Waals surface area contributed by atoms with E-state index in [0.29, 0.717) is 42.6 Å². The van der Waals surface area contributed by atoms with Crippen LogP contribution in [0.25, 0.3) is 5.65 Å². The van der Waals surface area contributed by atoms with Crippen LogP contribution in [0.2, 0.25) is 0 Å². The van der Waals surface area contributed by atoms with Crippen LogP contribution in [0.4, 0.5) is 0 Å². The highest BCUT2D eigenvalue weighted by molar-refractivity contribution is 5.78. The predicted octanol–water partition coefficient (Wildman–Crippen LogP) is 7.39. The highest BCUT2D eigenvalue weighted by Gasteiger charge is 2.31. The highest BCUT2D eigenvalue weighted by Crippen LogP contribution is 2.36. The van der Waals surface area contributed by atoms with E-state index in [1.165, 1.54) is 11.1 Å². The van der Waals surface area contributed by atoms with Gasteiger partial charge < -0.3 is 23.5 Å². The Labute approximate surface area is 293 Å². The van der Waals surface area contributed by atoms with Gasteiger partial charge in [0.05, 0.1) is 26.0 Å². The molecule has 6 aromatic rings. The molecule has 0 radical (unpaired) electrons. The first-order chi connectivity index (χ1) is 24.6. The maximum absolute atomic E-state index is 14.3. The summed E-state index contributed by atoms with van der Waals surface area (Å²) in [6, 6.07) is 41.2. The summed E-state index contributed by atoms with van der Waals surface area (Å²) in [5.74, 6) is 1.79. The summed E-state index contributed by atoms with van der Waals surface area (Å²) in [4.78, 5) is 23.6. The van der Waals surface area contributed by atoms with Crippen molar-refractivity contribution in [3.8, 4) is 17.2 Å². The zero-order valence-electron chi connectivity index (χ0n) is 28.5. The molecule has 8 heteroatoms. The fourth-order valence-corrected chi connectivity index (χ4v) is 6.95. The van der Waals surface area contributed by atoms with Crippen molar-refractivity contribution in [3.05, 3.63) is 162 Å². The van der Waals surface area contributed by atoms with Gasteiger partial charge in [-0.3, -0.25) is 9.69 Å². The SMILES string of the molecule is COc1cc(OC)cc(C(CC(=O)N2CCN(C(c3ccccc3)c3ccccc3)CC2)c2cnc3c(OCc4ccccc4)cccn23)c1. The van der Waals surface area contributed by atoms with Crippen LogP contribution in [0.15, 0.2) is 134 Å². The van der Waals surface area contributed by atoms with E-state index < -0.39 is 0 Å². The van der Waals surface area contributed by atoms with E-state index in [-0.39, 0.29) is 24.3 Å². The number of amides is 1. The number of aromatic nitrogens is 2. The molecule has 2 aromatic heterocycles. The van der Waals surface area contributed by atoms with Crippen molar-refractivity contribution in [2.45, 2.75) is 25.0 Å². The minimum Gasteiger partial charge on any atom is -0.497 e. The molecular weight excluding hydrogens is 624 g/mol. The number of fused-ring (bicyclic) bond motifs is 1. The summed E-state index contributed by atoms with van der Waals surface area (Å²) in [5.41, 5.74) is 6.09. The number of ether oxygens (including phenoxy) is 3. The van der Waals surface area contributed by atoms with E-state index in [0.717, 1.165) is 29.9 Å². The Morgan fingerprint density at radius 3 is 1.92 bits per heavy atom. The van der Waals surface area contributed by atoms with Gasteiger partial charge in [-0.15, -0.1) is 0 Å². The van der Waals surface area contributed by atoms with Crippen molar-refractivity contribution in [1.29, 1.82) is 0 Å². The van der Waals surface area contributed by atoms with Crippen molar-refractivity contribution in [3.63, 3.8) is 0 Å². The first-order valence-electron chi connectivity index (χ1n) is 17.1. The third kappa shape index (κ3) is 7.21. The van der Waals surface area contributed by atoms with E-state index in [9.17, 15) is 4.79 Å². The zero-order chi connectivity index (χ0) is 34.3. The smallest absolute Gasteiger partial charge is 0.223 e. The Hall–Kier alpha value is -5.60. The van der Waals surface area contributed by atoms with E-state index in [1.807, 2.05) is 82.4 Å². The maximum atomic E-state index is 14.3. The minimum atomic E-state index is -0.315. The first-order valence-corrected chi connectivity index (χ1v) is 17.1. The second-order valence-corrected chi connectivity index (χ2v) is 12.6. The van der Waals surface area contributed by atoms with Crippen LogP contribution >= 0.6 is 0 Å². The lowest BCUT2D eigenvalue weighted by Gasteiger charge is -2.40. The standard InChI is InChI=1S/C42H42N4O4/c1-48-35-25-34(26-36(27-35)49-2)37(38-29-43-42-39(19-12-20-46(38)42)50-30-31-13-6-3-7-14-31)28-40(47)44-21-23-45(24-22-44)41(32-15-8-4-9-16-32)33-17-10-5-11-18-33/h3-20,25-27,29,37,41H,21-24,28,30H2,1-2H3. The van der Waals surface area contributed by atoms with E-state index in [2.05, 4.69) is 65.6 Å². The second kappa shape index (κ2) is 15.3. The number of pyridine rings is 1. The van der Waals surface area contributed by atoms with E-state index in [1.54, 1.807) is 14.2 Å². The lowest BCUT2D eigenvalue weighted by molar-refractivity contribution is -0.133. The number of methoxy groups -OCH3 is 2. The van der Waals surface area contributed by atoms with Crippen molar-refractivity contribution in [1.82, 2.24) is 19.2 Å². The number of carbonyl (C=O) groups excluding carboxylic acids is 1. The lowest BCUT2D eigenvalue weighted by Crippen LogP contribution is -2.50. The van der Waals surface area contributed by atoms with Gasteiger partial charge in [0.15, 0.2) is 11.4 Å². The van der Waals surface area contributed by atoms with Gasteiger partial charge in [0.2, 0.25) is 5.91 Å². The van der Waals surface area contributed by atoms with Gasteiger partial charge in [0.1, 0.15) is 18.1 Å². The quantitative estimate of drug-likeness (QED) is 0.136. The van der Waals surface area contributed by atoms with Gasteiger partial charge in [-0.2, -0.15) is 0 Å². The molecule has 1 aliphatic heterocycles. The third-order valence-electron chi connectivity index (χ3n) is 9.54. The number of benzene rings is 4. The van der Waals surface area contributed by atoms with Gasteiger partial charge in [0, 0.05) is 57.0 Å². The Morgan fingerprint density at radius 1 is 0.720 bits per heavy atom. The van der Waals surface area contributed by atoms with Crippen molar-refractivity contribution in [2.24, 2.45) is 0 Å². The molecule has 254 valence electrons. The van der Waals surface area contributed by atoms with Crippen LogP contribution in [0.5, 0.6) is 17.2 Å². The van der Waals surface area contributed by atoms with E-state index >= 15 is 0 Å². The molecule has 0 spiro atoms. The third-order valence-corrected chi connectivity index (χ3v) is 9.54. The number of hydrogen-bond donors (Lipinski definition) is 0. The number of carbonyl (C=O) groups is 1. The fourth-order valence-electron chi connectivity index (χ4n) is 6.95. The summed E-state index contributed by atoms with van der Waals surface area (Å²) < 4.78 is 19.6. The predicted molar refractivity (Wildman–Crippen MR) is 195 cm³/mol. The summed E-state index contributed by atoms with van der Waals surface area (Å²) in [5, 5.41) is 0. The summed E-state index contributed by atoms with van der Waals surface area (Å²) in [6.07, 6.45) is 4.10. The monoisotopic (exact) mass is 666 g/mol. The summed E-state index contributed by atoms with van der Waals surface area (Å²) >= 11 is 0. The molecule has 8 nitrogen and oxygen atoms in total. The van der Waals surface area contributed by atoms with Crippen molar-refractivity contribution in [2.75, 3.05) is 40.4 Å². The number of hydrogen-bond acceptors (Lipinski definition) is 6. The number of rotatable bonds is 12. The lowest BCUT2D eigenvalue weighted by atomic mass is 9.91. The van der Waals surface area contributed by atoms with Gasteiger partial charge in [-0.1, -0.05) is 91.0 Å². The summed E-state index contributed by atoms with van der Waals surface area (Å²) in [7, 11) is 3.28. The normalized spacial score (nSPS) is 14.1. The average Bonchev–Trinajstić information content (AvgIpc) is 3.62. The van der Waals surface area contributed by atoms with Crippen molar-refractivity contribution < 1.29 is 19.0 Å². The molecule has 1 saturated heterocycles. The molecule has 0 aliphatic carbocycles. The van der Waals surface area contributed by atoms with Crippen LogP contribution < -0.4 is 14.2 Å². The topological polar surface area (TPSA) is 68.5 Å². The molecule has 50 heavy (non-hydrogen) atoms. The molecule has 4 aromatic carbocycles. The molecule has 3 heterocycles. The Kier molecular flexibility index (Phi) is 10.1. The molecule has 1 atom stereocenters. The van der Waals surface area contributed by atoms with Crippen molar-refractivity contribution >= 4 is 11.6 Å². The van der Waals surface area contributed by atoms with Crippen LogP contribution in [-0.2, 0) is 11.4 Å². The molecule has 1 aliphatic rings. The molecule has 1 fully saturated rings. The van der Waals surface area contributed by atoms with Gasteiger partial charge in [-0.25, -0.2) is 4.98 Å². The Bertz CT molecular complexity index is 1950. The van der Waals surface area contributed by atoms with Crippen LogP contribution in [0.1, 0.15) is 46.3 Å². The molecule has 0 N–H and O–H groups in total. The molecular formula is C42H42N4O4. The Balaban J connectivity index is 1.15. The van der Waals surface area contributed by atoms with Crippen LogP contribution in [-0.4, -0.2) is 65.5 Å². The minimum absolute atomic E-state index is 0.0961. The second-order valence-electron chi connectivity index (χ2n) is 12.6. The fraction of sp³-hybridized carbons (Fsp3) is 0.238. The van der Waals surface area contributed by atoms with Crippen LogP contribution in [0.3, 0.4) is 0 Å². The van der Waals surface area contributed by atoms with Gasteiger partial charge in [0.25, 0.3) is 0 Å². The first kappa shape index (κ1) is 32.9. The van der Waals surface area contributed by atoms with Gasteiger partial charge >= 0.3 is 0 Å². The van der Waals surface area contributed by atoms with Crippen LogP contribution in [0, 0.1) is 0 Å². The largest absolute Gasteiger partial charge is 0.497 e. The average molecular weight is 667 g/mol. The number of nitrogens with zero attached hydrogens (tertiary/aromatic N) is 4. The Morgan fingerprint density at radius 2 is 1.32 bits per heavy atom. The van der Waals surface area contributed by atoms with E-state index in [4.69, 9.17) is 19.2 Å². The number of piperazine rings is 1. The molecule has 1 amide bonds. The molecule has 1 unspecified atom stereocenters. The summed E-state index contributed by atoms with van der Waals surface area (Å²) in [6.45, 7) is 3.27.